The van der Waals surface area contributed by atoms with Crippen LogP contribution in [0, 0.1) is 24.7 Å². The minimum absolute atomic E-state index is 0.00638. The van der Waals surface area contributed by atoms with Gasteiger partial charge in [-0.05, 0) is 56.5 Å². The van der Waals surface area contributed by atoms with Crippen molar-refractivity contribution in [1.82, 2.24) is 0 Å². The van der Waals surface area contributed by atoms with E-state index >= 15 is 0 Å². The Labute approximate surface area is 194 Å². The van der Waals surface area contributed by atoms with Gasteiger partial charge in [0.05, 0.1) is 12.5 Å². The summed E-state index contributed by atoms with van der Waals surface area (Å²) < 4.78 is 18.2. The first-order valence-corrected chi connectivity index (χ1v) is 15.1. The highest BCUT2D eigenvalue weighted by atomic mass is 35.5. The molecule has 0 aliphatic rings. The SMILES string of the molecule is C=C(C)[C@H](CCC#CCCl)[C@H](OCOCC[Si](C)(C)C)c1oc(/C=C(/C)CO)cc1C. The molecule has 0 bridgehead atoms. The molecule has 1 N–H and O–H groups in total. The van der Waals surface area contributed by atoms with E-state index in [-0.39, 0.29) is 25.4 Å². The number of hydrogen-bond acceptors (Lipinski definition) is 4. The van der Waals surface area contributed by atoms with Crippen LogP contribution in [0.15, 0.2) is 28.2 Å². The number of furan rings is 1. The van der Waals surface area contributed by atoms with Gasteiger partial charge in [0.2, 0.25) is 0 Å². The lowest BCUT2D eigenvalue weighted by atomic mass is 9.88. The third-order valence-corrected chi connectivity index (χ3v) is 6.81. The fourth-order valence-electron chi connectivity index (χ4n) is 3.12. The van der Waals surface area contributed by atoms with Crippen molar-refractivity contribution in [3.63, 3.8) is 0 Å². The van der Waals surface area contributed by atoms with E-state index in [0.29, 0.717) is 24.7 Å². The molecule has 0 radical (unpaired) electrons. The molecule has 1 aromatic heterocycles. The lowest BCUT2D eigenvalue weighted by Gasteiger charge is -2.27. The van der Waals surface area contributed by atoms with Crippen molar-refractivity contribution in [2.75, 3.05) is 25.9 Å². The van der Waals surface area contributed by atoms with Crippen LogP contribution in [-0.4, -0.2) is 39.1 Å². The van der Waals surface area contributed by atoms with Gasteiger partial charge in [0.15, 0.2) is 0 Å². The molecule has 174 valence electrons. The quantitative estimate of drug-likeness (QED) is 0.0891. The molecule has 0 amide bonds. The molecule has 1 aromatic rings. The molecule has 0 unspecified atom stereocenters. The summed E-state index contributed by atoms with van der Waals surface area (Å²) in [5.41, 5.74) is 2.85. The maximum Gasteiger partial charge on any atom is 0.147 e. The summed E-state index contributed by atoms with van der Waals surface area (Å²) in [7, 11) is -1.15. The first kappa shape index (κ1) is 27.7. The molecule has 1 rings (SSSR count). The van der Waals surface area contributed by atoms with Crippen LogP contribution in [0.3, 0.4) is 0 Å². The number of halogens is 1. The Morgan fingerprint density at radius 3 is 2.61 bits per heavy atom. The molecule has 31 heavy (non-hydrogen) atoms. The lowest BCUT2D eigenvalue weighted by Crippen LogP contribution is -2.23. The number of ether oxygens (including phenoxy) is 2. The minimum Gasteiger partial charge on any atom is -0.459 e. The summed E-state index contributed by atoms with van der Waals surface area (Å²) in [6.07, 6.45) is 3.02. The number of aliphatic hydroxyl groups is 1. The summed E-state index contributed by atoms with van der Waals surface area (Å²) in [6, 6.07) is 3.06. The van der Waals surface area contributed by atoms with E-state index in [2.05, 4.69) is 38.1 Å². The Balaban J connectivity index is 3.07. The Hall–Kier alpha value is -1.29. The predicted octanol–water partition coefficient (Wildman–Crippen LogP) is 6.57. The van der Waals surface area contributed by atoms with Crippen molar-refractivity contribution >= 4 is 25.8 Å². The first-order chi connectivity index (χ1) is 14.6. The maximum absolute atomic E-state index is 9.32. The van der Waals surface area contributed by atoms with Crippen molar-refractivity contribution in [3.8, 4) is 11.8 Å². The smallest absolute Gasteiger partial charge is 0.147 e. The summed E-state index contributed by atoms with van der Waals surface area (Å²) in [5, 5.41) is 9.32. The third kappa shape index (κ3) is 10.7. The van der Waals surface area contributed by atoms with Gasteiger partial charge in [-0.1, -0.05) is 37.7 Å². The van der Waals surface area contributed by atoms with Gasteiger partial charge in [0.1, 0.15) is 24.4 Å². The second-order valence-electron chi connectivity index (χ2n) is 9.25. The van der Waals surface area contributed by atoms with Crippen molar-refractivity contribution in [3.05, 3.63) is 40.9 Å². The summed E-state index contributed by atoms with van der Waals surface area (Å²) >= 11 is 5.68. The zero-order valence-corrected chi connectivity index (χ0v) is 21.8. The molecule has 0 spiro atoms. The van der Waals surface area contributed by atoms with E-state index in [1.165, 1.54) is 0 Å². The number of rotatable bonds is 13. The van der Waals surface area contributed by atoms with Gasteiger partial charge in [-0.2, -0.15) is 0 Å². The first-order valence-electron chi connectivity index (χ1n) is 10.8. The molecule has 0 aromatic carbocycles. The van der Waals surface area contributed by atoms with E-state index in [1.54, 1.807) is 0 Å². The zero-order valence-electron chi connectivity index (χ0n) is 20.0. The Bertz CT molecular complexity index is 780. The molecular formula is C25H39ClO4Si. The largest absolute Gasteiger partial charge is 0.459 e. The Morgan fingerprint density at radius 1 is 1.32 bits per heavy atom. The molecule has 4 nitrogen and oxygen atoms in total. The summed E-state index contributed by atoms with van der Waals surface area (Å²) in [5.74, 6) is 7.85. The third-order valence-electron chi connectivity index (χ3n) is 4.97. The topological polar surface area (TPSA) is 51.8 Å². The minimum atomic E-state index is -1.15. The number of aryl methyl sites for hydroxylation is 1. The van der Waals surface area contributed by atoms with E-state index in [0.717, 1.165) is 34.9 Å². The fraction of sp³-hybridized carbons (Fsp3) is 0.600. The van der Waals surface area contributed by atoms with Gasteiger partial charge in [0, 0.05) is 27.0 Å². The molecule has 0 fully saturated rings. The molecule has 1 heterocycles. The van der Waals surface area contributed by atoms with E-state index in [4.69, 9.17) is 25.5 Å². The fourth-order valence-corrected chi connectivity index (χ4v) is 3.97. The summed E-state index contributed by atoms with van der Waals surface area (Å²) in [6.45, 7) is 18.0. The van der Waals surface area contributed by atoms with Gasteiger partial charge in [-0.25, -0.2) is 0 Å². The van der Waals surface area contributed by atoms with E-state index in [1.807, 2.05) is 32.9 Å². The standard InChI is InChI=1S/C25H39ClO4Si/c1-19(2)23(11-9-8-10-12-26)25(29-18-28-13-14-31(5,6)7)24-21(4)16-22(30-24)15-20(3)17-27/h15-16,23,25,27H,1,9,11-14,17-18H2,2-7H3/b20-15-/t23-,25-/m0/s1. The van der Waals surface area contributed by atoms with Gasteiger partial charge in [-0.3, -0.25) is 0 Å². The molecule has 0 saturated heterocycles. The van der Waals surface area contributed by atoms with Crippen LogP contribution in [0.2, 0.25) is 25.7 Å². The number of hydrogen-bond donors (Lipinski definition) is 1. The zero-order chi connectivity index (χ0) is 23.4. The van der Waals surface area contributed by atoms with Crippen LogP contribution in [0.1, 0.15) is 49.9 Å². The van der Waals surface area contributed by atoms with Crippen molar-refractivity contribution < 1.29 is 19.0 Å². The Morgan fingerprint density at radius 2 is 2.03 bits per heavy atom. The predicted molar refractivity (Wildman–Crippen MR) is 133 cm³/mol. The maximum atomic E-state index is 9.32. The van der Waals surface area contributed by atoms with Crippen molar-refractivity contribution in [2.45, 2.75) is 65.4 Å². The van der Waals surface area contributed by atoms with Crippen LogP contribution in [0.25, 0.3) is 6.08 Å². The van der Waals surface area contributed by atoms with Gasteiger partial charge < -0.3 is 19.0 Å². The summed E-state index contributed by atoms with van der Waals surface area (Å²) in [4.78, 5) is 0. The van der Waals surface area contributed by atoms with Gasteiger partial charge >= 0.3 is 0 Å². The number of alkyl halides is 1. The van der Waals surface area contributed by atoms with Crippen LogP contribution in [0.5, 0.6) is 0 Å². The normalized spacial score (nSPS) is 14.1. The van der Waals surface area contributed by atoms with Crippen LogP contribution in [0.4, 0.5) is 0 Å². The Kier molecular flexibility index (Phi) is 12.5. The lowest BCUT2D eigenvalue weighted by molar-refractivity contribution is -0.108. The van der Waals surface area contributed by atoms with Crippen molar-refractivity contribution in [1.29, 1.82) is 0 Å². The average molecular weight is 467 g/mol. The van der Waals surface area contributed by atoms with Gasteiger partial charge in [-0.15, -0.1) is 17.5 Å². The molecule has 2 atom stereocenters. The van der Waals surface area contributed by atoms with Crippen LogP contribution in [-0.2, 0) is 9.47 Å². The second kappa shape index (κ2) is 14.0. The molecule has 0 aliphatic heterocycles. The number of aliphatic hydroxyl groups excluding tert-OH is 1. The highest BCUT2D eigenvalue weighted by molar-refractivity contribution is 6.76. The molecule has 0 saturated carbocycles. The van der Waals surface area contributed by atoms with Gasteiger partial charge in [0.25, 0.3) is 0 Å². The molecule has 6 heteroatoms. The van der Waals surface area contributed by atoms with Crippen LogP contribution >= 0.6 is 11.6 Å². The average Bonchev–Trinajstić information content (AvgIpc) is 3.04. The highest BCUT2D eigenvalue weighted by Gasteiger charge is 2.29. The van der Waals surface area contributed by atoms with E-state index in [9.17, 15) is 5.11 Å². The van der Waals surface area contributed by atoms with E-state index < -0.39 is 8.07 Å². The monoisotopic (exact) mass is 466 g/mol. The van der Waals surface area contributed by atoms with Crippen LogP contribution < -0.4 is 0 Å². The highest BCUT2D eigenvalue weighted by Crippen LogP contribution is 2.37. The molecular weight excluding hydrogens is 428 g/mol. The second-order valence-corrected chi connectivity index (χ2v) is 15.1. The molecule has 0 aliphatic carbocycles. The van der Waals surface area contributed by atoms with Crippen molar-refractivity contribution in [2.24, 2.45) is 5.92 Å².